The number of carbonyl (C=O) groups excluding carboxylic acids is 2. The molecule has 1 aromatic heterocycles. The molecule has 1 aromatic carbocycles. The van der Waals surface area contributed by atoms with Gasteiger partial charge in [-0.1, -0.05) is 39.0 Å². The lowest BCUT2D eigenvalue weighted by Gasteiger charge is -2.23. The lowest BCUT2D eigenvalue weighted by Crippen LogP contribution is -2.31. The van der Waals surface area contributed by atoms with E-state index in [-0.39, 0.29) is 29.0 Å². The number of pyridine rings is 1. The molecule has 0 unspecified atom stereocenters. The number of hydrogen-bond acceptors (Lipinski definition) is 3. The van der Waals surface area contributed by atoms with Crippen LogP contribution in [0, 0.1) is 0 Å². The first-order valence-electron chi connectivity index (χ1n) is 8.36. The van der Waals surface area contributed by atoms with Gasteiger partial charge in [0.2, 0.25) is 0 Å². The Morgan fingerprint density at radius 3 is 2.36 bits per heavy atom. The summed E-state index contributed by atoms with van der Waals surface area (Å²) in [4.78, 5) is 28.7. The summed E-state index contributed by atoms with van der Waals surface area (Å²) in [6.07, 6.45) is 1.47. The third kappa shape index (κ3) is 4.89. The van der Waals surface area contributed by atoms with Crippen LogP contribution in [0.15, 0.2) is 42.6 Å². The van der Waals surface area contributed by atoms with Crippen LogP contribution in [-0.4, -0.2) is 22.8 Å². The number of aromatic nitrogens is 1. The monoisotopic (exact) mass is 339 g/mol. The number of rotatable bonds is 4. The highest BCUT2D eigenvalue weighted by Crippen LogP contribution is 2.29. The van der Waals surface area contributed by atoms with Crippen LogP contribution in [0.3, 0.4) is 0 Å². The third-order valence-electron chi connectivity index (χ3n) is 3.66. The van der Waals surface area contributed by atoms with Gasteiger partial charge in [-0.2, -0.15) is 0 Å². The molecule has 0 atom stereocenters. The fourth-order valence-corrected chi connectivity index (χ4v) is 2.47. The molecule has 2 amide bonds. The van der Waals surface area contributed by atoms with Crippen molar-refractivity contribution < 1.29 is 9.59 Å². The maximum atomic E-state index is 12.6. The number of para-hydroxylation sites is 1. The Kier molecular flexibility index (Phi) is 5.57. The van der Waals surface area contributed by atoms with Gasteiger partial charge in [0.25, 0.3) is 11.8 Å². The number of carbonyl (C=O) groups is 2. The molecule has 2 N–H and O–H groups in total. The van der Waals surface area contributed by atoms with Gasteiger partial charge in [-0.25, -0.2) is 0 Å². The van der Waals surface area contributed by atoms with Crippen molar-refractivity contribution in [2.75, 3.05) is 5.32 Å². The number of anilines is 1. The second-order valence-electron chi connectivity index (χ2n) is 7.31. The quantitative estimate of drug-likeness (QED) is 0.891. The van der Waals surface area contributed by atoms with E-state index in [9.17, 15) is 9.59 Å². The van der Waals surface area contributed by atoms with E-state index in [1.807, 2.05) is 38.1 Å². The van der Waals surface area contributed by atoms with Crippen molar-refractivity contribution in [2.24, 2.45) is 0 Å². The van der Waals surface area contributed by atoms with Gasteiger partial charge < -0.3 is 10.6 Å². The van der Waals surface area contributed by atoms with Crippen LogP contribution in [0.4, 0.5) is 5.69 Å². The zero-order valence-electron chi connectivity index (χ0n) is 15.4. The van der Waals surface area contributed by atoms with Crippen LogP contribution in [0.5, 0.6) is 0 Å². The predicted molar refractivity (Wildman–Crippen MR) is 99.9 cm³/mol. The summed E-state index contributed by atoms with van der Waals surface area (Å²) in [5.74, 6) is -0.558. The smallest absolute Gasteiger partial charge is 0.270 e. The normalized spacial score (nSPS) is 11.3. The molecule has 5 nitrogen and oxygen atoms in total. The SMILES string of the molecule is CC(C)NC(=O)c1cc(C(=O)Nc2ccccc2C(C)(C)C)ccn1. The molecular formula is C20H25N3O2. The highest BCUT2D eigenvalue weighted by molar-refractivity contribution is 6.06. The first-order valence-corrected chi connectivity index (χ1v) is 8.36. The van der Waals surface area contributed by atoms with Gasteiger partial charge in [0.05, 0.1) is 0 Å². The zero-order valence-corrected chi connectivity index (χ0v) is 15.4. The number of hydrogen-bond donors (Lipinski definition) is 2. The molecule has 0 radical (unpaired) electrons. The van der Waals surface area contributed by atoms with Crippen molar-refractivity contribution >= 4 is 17.5 Å². The van der Waals surface area contributed by atoms with Crippen molar-refractivity contribution in [1.82, 2.24) is 10.3 Å². The van der Waals surface area contributed by atoms with E-state index in [1.165, 1.54) is 12.3 Å². The van der Waals surface area contributed by atoms with E-state index in [2.05, 4.69) is 36.4 Å². The summed E-state index contributed by atoms with van der Waals surface area (Å²) < 4.78 is 0. The van der Waals surface area contributed by atoms with Gasteiger partial charge in [-0.05, 0) is 43.0 Å². The average molecular weight is 339 g/mol. The van der Waals surface area contributed by atoms with E-state index < -0.39 is 0 Å². The summed E-state index contributed by atoms with van der Waals surface area (Å²) in [5, 5.41) is 5.71. The molecule has 25 heavy (non-hydrogen) atoms. The Hall–Kier alpha value is -2.69. The van der Waals surface area contributed by atoms with E-state index in [4.69, 9.17) is 0 Å². The maximum absolute atomic E-state index is 12.6. The third-order valence-corrected chi connectivity index (χ3v) is 3.66. The van der Waals surface area contributed by atoms with Gasteiger partial charge in [-0.3, -0.25) is 14.6 Å². The lowest BCUT2D eigenvalue weighted by atomic mass is 9.86. The minimum atomic E-state index is -0.292. The van der Waals surface area contributed by atoms with Crippen molar-refractivity contribution in [2.45, 2.75) is 46.1 Å². The molecule has 0 saturated carbocycles. The second-order valence-corrected chi connectivity index (χ2v) is 7.31. The Bertz CT molecular complexity index is 777. The molecule has 0 bridgehead atoms. The van der Waals surface area contributed by atoms with E-state index in [1.54, 1.807) is 6.07 Å². The van der Waals surface area contributed by atoms with Gasteiger partial charge in [-0.15, -0.1) is 0 Å². The number of nitrogens with one attached hydrogen (secondary N) is 2. The molecule has 0 aliphatic heterocycles. The van der Waals surface area contributed by atoms with E-state index in [0.717, 1.165) is 11.3 Å². The first-order chi connectivity index (χ1) is 11.7. The predicted octanol–water partition coefficient (Wildman–Crippen LogP) is 3.77. The standard InChI is InChI=1S/C20H25N3O2/c1-13(2)22-19(25)17-12-14(10-11-21-17)18(24)23-16-9-7-6-8-15(16)20(3,4)5/h6-13H,1-5H3,(H,22,25)(H,23,24). The van der Waals surface area contributed by atoms with Gasteiger partial charge in [0.1, 0.15) is 5.69 Å². The van der Waals surface area contributed by atoms with Crippen LogP contribution in [0.25, 0.3) is 0 Å². The fraction of sp³-hybridized carbons (Fsp3) is 0.350. The molecule has 0 spiro atoms. The summed E-state index contributed by atoms with van der Waals surface area (Å²) in [5.41, 5.74) is 2.35. The average Bonchev–Trinajstić information content (AvgIpc) is 2.54. The highest BCUT2D eigenvalue weighted by Gasteiger charge is 2.19. The topological polar surface area (TPSA) is 71.1 Å². The molecule has 0 saturated heterocycles. The molecular weight excluding hydrogens is 314 g/mol. The fourth-order valence-electron chi connectivity index (χ4n) is 2.47. The van der Waals surface area contributed by atoms with Crippen molar-refractivity contribution in [3.8, 4) is 0 Å². The molecule has 2 rings (SSSR count). The van der Waals surface area contributed by atoms with Gasteiger partial charge in [0, 0.05) is 23.5 Å². The lowest BCUT2D eigenvalue weighted by molar-refractivity contribution is 0.0938. The Labute approximate surface area is 148 Å². The zero-order chi connectivity index (χ0) is 18.6. The van der Waals surface area contributed by atoms with E-state index >= 15 is 0 Å². The maximum Gasteiger partial charge on any atom is 0.270 e. The van der Waals surface area contributed by atoms with Crippen LogP contribution in [-0.2, 0) is 5.41 Å². The summed E-state index contributed by atoms with van der Waals surface area (Å²) in [6, 6.07) is 10.8. The number of nitrogens with zero attached hydrogens (tertiary/aromatic N) is 1. The highest BCUT2D eigenvalue weighted by atomic mass is 16.2. The summed E-state index contributed by atoms with van der Waals surface area (Å²) in [6.45, 7) is 10.0. The van der Waals surface area contributed by atoms with E-state index in [0.29, 0.717) is 5.56 Å². The molecule has 5 heteroatoms. The number of benzene rings is 1. The Morgan fingerprint density at radius 2 is 1.72 bits per heavy atom. The van der Waals surface area contributed by atoms with Crippen molar-refractivity contribution in [3.63, 3.8) is 0 Å². The largest absolute Gasteiger partial charge is 0.349 e. The van der Waals surface area contributed by atoms with Crippen molar-refractivity contribution in [3.05, 3.63) is 59.4 Å². The van der Waals surface area contributed by atoms with Crippen molar-refractivity contribution in [1.29, 1.82) is 0 Å². The van der Waals surface area contributed by atoms with Crippen LogP contribution in [0.2, 0.25) is 0 Å². The molecule has 1 heterocycles. The second kappa shape index (κ2) is 7.47. The summed E-state index contributed by atoms with van der Waals surface area (Å²) >= 11 is 0. The summed E-state index contributed by atoms with van der Waals surface area (Å²) in [7, 11) is 0. The molecule has 0 aliphatic rings. The number of amides is 2. The Balaban J connectivity index is 2.24. The van der Waals surface area contributed by atoms with Gasteiger partial charge >= 0.3 is 0 Å². The van der Waals surface area contributed by atoms with Gasteiger partial charge in [0.15, 0.2) is 0 Å². The van der Waals surface area contributed by atoms with Crippen LogP contribution >= 0.6 is 0 Å². The van der Waals surface area contributed by atoms with Crippen LogP contribution in [0.1, 0.15) is 61.0 Å². The molecule has 132 valence electrons. The minimum Gasteiger partial charge on any atom is -0.349 e. The minimum absolute atomic E-state index is 0.00504. The first kappa shape index (κ1) is 18.6. The molecule has 0 aliphatic carbocycles. The molecule has 0 fully saturated rings. The van der Waals surface area contributed by atoms with Crippen LogP contribution < -0.4 is 10.6 Å². The molecule has 2 aromatic rings. The Morgan fingerprint density at radius 1 is 1.04 bits per heavy atom.